The van der Waals surface area contributed by atoms with Crippen molar-refractivity contribution in [2.24, 2.45) is 11.8 Å². The lowest BCUT2D eigenvalue weighted by atomic mass is 9.93. The smallest absolute Gasteiger partial charge is 0.252 e. The highest BCUT2D eigenvalue weighted by atomic mass is 32.1. The first-order valence-electron chi connectivity index (χ1n) is 9.01. The van der Waals surface area contributed by atoms with E-state index < -0.39 is 0 Å². The Morgan fingerprint density at radius 2 is 2.23 bits per heavy atom. The third-order valence-corrected chi connectivity index (χ3v) is 6.09. The van der Waals surface area contributed by atoms with Gasteiger partial charge >= 0.3 is 0 Å². The predicted molar refractivity (Wildman–Crippen MR) is 102 cm³/mol. The van der Waals surface area contributed by atoms with Crippen LogP contribution in [0.1, 0.15) is 15.9 Å². The Bertz CT molecular complexity index is 749. The van der Waals surface area contributed by atoms with Gasteiger partial charge in [0, 0.05) is 54.5 Å². The number of hydrogen-bond donors (Lipinski definition) is 1. The van der Waals surface area contributed by atoms with E-state index in [4.69, 9.17) is 9.47 Å². The minimum absolute atomic E-state index is 0.0126. The molecule has 0 aliphatic carbocycles. The van der Waals surface area contributed by atoms with Crippen LogP contribution in [0.15, 0.2) is 41.1 Å². The SMILES string of the molecule is COc1ccccc1CN1C[C@@H]2[C@@H](CNC(=O)c3ccsc3)CO[C@@H]2C1. The van der Waals surface area contributed by atoms with Crippen molar-refractivity contribution in [3.05, 3.63) is 52.2 Å². The van der Waals surface area contributed by atoms with Crippen LogP contribution in [0.5, 0.6) is 5.75 Å². The number of para-hydroxylation sites is 1. The number of carbonyl (C=O) groups excluding carboxylic acids is 1. The normalized spacial score (nSPS) is 25.2. The van der Waals surface area contributed by atoms with Crippen molar-refractivity contribution >= 4 is 17.2 Å². The summed E-state index contributed by atoms with van der Waals surface area (Å²) >= 11 is 1.54. The monoisotopic (exact) mass is 372 g/mol. The number of nitrogens with zero attached hydrogens (tertiary/aromatic N) is 1. The second kappa shape index (κ2) is 7.78. The van der Waals surface area contributed by atoms with Crippen LogP contribution < -0.4 is 10.1 Å². The lowest BCUT2D eigenvalue weighted by molar-refractivity contribution is 0.0903. The van der Waals surface area contributed by atoms with E-state index in [1.165, 1.54) is 5.56 Å². The van der Waals surface area contributed by atoms with E-state index in [2.05, 4.69) is 16.3 Å². The largest absolute Gasteiger partial charge is 0.496 e. The van der Waals surface area contributed by atoms with Crippen LogP contribution in [0.2, 0.25) is 0 Å². The molecule has 0 saturated carbocycles. The van der Waals surface area contributed by atoms with E-state index in [1.54, 1.807) is 18.4 Å². The fourth-order valence-electron chi connectivity index (χ4n) is 4.01. The maximum atomic E-state index is 12.2. The number of amides is 1. The van der Waals surface area contributed by atoms with Crippen molar-refractivity contribution in [1.29, 1.82) is 0 Å². The Morgan fingerprint density at radius 1 is 1.35 bits per heavy atom. The van der Waals surface area contributed by atoms with Crippen LogP contribution in [-0.2, 0) is 11.3 Å². The fourth-order valence-corrected chi connectivity index (χ4v) is 4.65. The van der Waals surface area contributed by atoms with Gasteiger partial charge in [-0.15, -0.1) is 0 Å². The molecule has 2 fully saturated rings. The van der Waals surface area contributed by atoms with E-state index in [1.807, 2.05) is 35.0 Å². The summed E-state index contributed by atoms with van der Waals surface area (Å²) in [7, 11) is 1.72. The van der Waals surface area contributed by atoms with E-state index in [-0.39, 0.29) is 12.0 Å². The van der Waals surface area contributed by atoms with Gasteiger partial charge < -0.3 is 14.8 Å². The highest BCUT2D eigenvalue weighted by Crippen LogP contribution is 2.34. The maximum absolute atomic E-state index is 12.2. The van der Waals surface area contributed by atoms with Crippen LogP contribution in [-0.4, -0.2) is 50.3 Å². The lowest BCUT2D eigenvalue weighted by Gasteiger charge is -2.20. The quantitative estimate of drug-likeness (QED) is 0.847. The average molecular weight is 372 g/mol. The second-order valence-electron chi connectivity index (χ2n) is 7.02. The molecule has 3 atom stereocenters. The first-order valence-corrected chi connectivity index (χ1v) is 9.95. The van der Waals surface area contributed by atoms with Crippen molar-refractivity contribution in [2.75, 3.05) is 33.4 Å². The van der Waals surface area contributed by atoms with Crippen molar-refractivity contribution in [3.8, 4) is 5.75 Å². The van der Waals surface area contributed by atoms with E-state index in [9.17, 15) is 4.79 Å². The van der Waals surface area contributed by atoms with Gasteiger partial charge in [0.25, 0.3) is 5.91 Å². The minimum atomic E-state index is 0.0126. The highest BCUT2D eigenvalue weighted by molar-refractivity contribution is 7.08. The zero-order valence-corrected chi connectivity index (χ0v) is 15.7. The molecule has 26 heavy (non-hydrogen) atoms. The Hall–Kier alpha value is -1.89. The fraction of sp³-hybridized carbons (Fsp3) is 0.450. The van der Waals surface area contributed by atoms with E-state index in [0.29, 0.717) is 18.4 Å². The van der Waals surface area contributed by atoms with Crippen LogP contribution in [0.4, 0.5) is 0 Å². The topological polar surface area (TPSA) is 50.8 Å². The Balaban J connectivity index is 1.33. The standard InChI is InChI=1S/C20H24N2O3S/c1-24-18-5-3-2-4-14(18)9-22-10-17-16(12-25-19(17)11-22)8-21-20(23)15-6-7-26-13-15/h2-7,13,16-17,19H,8-12H2,1H3,(H,21,23)/t16-,17+,19+/m0/s1. The summed E-state index contributed by atoms with van der Waals surface area (Å²) in [5.41, 5.74) is 1.95. The van der Waals surface area contributed by atoms with Crippen molar-refractivity contribution < 1.29 is 14.3 Å². The number of rotatable bonds is 6. The third-order valence-electron chi connectivity index (χ3n) is 5.41. The van der Waals surface area contributed by atoms with Crippen molar-refractivity contribution in [2.45, 2.75) is 12.6 Å². The third kappa shape index (κ3) is 3.63. The molecule has 0 unspecified atom stereocenters. The number of thiophene rings is 1. The minimum Gasteiger partial charge on any atom is -0.496 e. The zero-order chi connectivity index (χ0) is 17.9. The Morgan fingerprint density at radius 3 is 3.04 bits per heavy atom. The molecule has 138 valence electrons. The number of ether oxygens (including phenoxy) is 2. The highest BCUT2D eigenvalue weighted by Gasteiger charge is 2.43. The molecule has 2 saturated heterocycles. The summed E-state index contributed by atoms with van der Waals surface area (Å²) in [6.45, 7) is 4.23. The molecule has 2 aromatic rings. The molecule has 5 nitrogen and oxygen atoms in total. The first-order chi connectivity index (χ1) is 12.7. The molecule has 1 N–H and O–H groups in total. The number of nitrogens with one attached hydrogen (secondary N) is 1. The van der Waals surface area contributed by atoms with Crippen LogP contribution in [0, 0.1) is 11.8 Å². The Kier molecular flexibility index (Phi) is 5.24. The zero-order valence-electron chi connectivity index (χ0n) is 14.9. The summed E-state index contributed by atoms with van der Waals surface area (Å²) in [5.74, 6) is 1.81. The molecule has 0 bridgehead atoms. The number of carbonyl (C=O) groups is 1. The molecule has 1 aromatic carbocycles. The molecule has 2 aliphatic heterocycles. The van der Waals surface area contributed by atoms with Gasteiger partial charge in [0.15, 0.2) is 0 Å². The molecule has 6 heteroatoms. The average Bonchev–Trinajstić information content (AvgIpc) is 3.38. The summed E-state index contributed by atoms with van der Waals surface area (Å²) in [5, 5.41) is 6.88. The summed E-state index contributed by atoms with van der Waals surface area (Å²) in [6.07, 6.45) is 0.271. The predicted octanol–water partition coefficient (Wildman–Crippen LogP) is 2.63. The maximum Gasteiger partial charge on any atom is 0.252 e. The lowest BCUT2D eigenvalue weighted by Crippen LogP contribution is -2.34. The summed E-state index contributed by atoms with van der Waals surface area (Å²) < 4.78 is 11.5. The van der Waals surface area contributed by atoms with Gasteiger partial charge in [0.2, 0.25) is 0 Å². The number of likely N-dealkylation sites (tertiary alicyclic amines) is 1. The van der Waals surface area contributed by atoms with Gasteiger partial charge in [-0.25, -0.2) is 0 Å². The molecule has 1 amide bonds. The van der Waals surface area contributed by atoms with Gasteiger partial charge in [-0.3, -0.25) is 9.69 Å². The van der Waals surface area contributed by atoms with E-state index >= 15 is 0 Å². The van der Waals surface area contributed by atoms with E-state index in [0.717, 1.165) is 37.6 Å². The number of methoxy groups -OCH3 is 1. The van der Waals surface area contributed by atoms with Crippen LogP contribution in [0.3, 0.4) is 0 Å². The summed E-state index contributed by atoms with van der Waals surface area (Å²) in [4.78, 5) is 14.6. The van der Waals surface area contributed by atoms with Gasteiger partial charge in [0.05, 0.1) is 19.8 Å². The number of benzene rings is 1. The summed E-state index contributed by atoms with van der Waals surface area (Å²) in [6, 6.07) is 10.0. The van der Waals surface area contributed by atoms with Crippen LogP contribution >= 0.6 is 11.3 Å². The molecule has 0 spiro atoms. The molecular weight excluding hydrogens is 348 g/mol. The van der Waals surface area contributed by atoms with Crippen LogP contribution in [0.25, 0.3) is 0 Å². The van der Waals surface area contributed by atoms with Crippen molar-refractivity contribution in [1.82, 2.24) is 10.2 Å². The molecule has 1 aromatic heterocycles. The van der Waals surface area contributed by atoms with Gasteiger partial charge in [-0.2, -0.15) is 11.3 Å². The van der Waals surface area contributed by atoms with Crippen molar-refractivity contribution in [3.63, 3.8) is 0 Å². The molecule has 2 aliphatic rings. The molecular formula is C20H24N2O3S. The molecule has 0 radical (unpaired) electrons. The van der Waals surface area contributed by atoms with Gasteiger partial charge in [0.1, 0.15) is 5.75 Å². The molecule has 3 heterocycles. The number of hydrogen-bond acceptors (Lipinski definition) is 5. The molecule has 4 rings (SSSR count). The van der Waals surface area contributed by atoms with Gasteiger partial charge in [-0.05, 0) is 17.5 Å². The first kappa shape index (κ1) is 17.5. The Labute approximate surface area is 157 Å². The van der Waals surface area contributed by atoms with Gasteiger partial charge in [-0.1, -0.05) is 18.2 Å². The second-order valence-corrected chi connectivity index (χ2v) is 7.80. The number of fused-ring (bicyclic) bond motifs is 1.